The van der Waals surface area contributed by atoms with Gasteiger partial charge >= 0.3 is 5.97 Å². The van der Waals surface area contributed by atoms with Crippen LogP contribution in [0.25, 0.3) is 0 Å². The van der Waals surface area contributed by atoms with Crippen LogP contribution in [-0.2, 0) is 16.1 Å². The summed E-state index contributed by atoms with van der Waals surface area (Å²) in [4.78, 5) is 22.7. The van der Waals surface area contributed by atoms with Gasteiger partial charge in [0.2, 0.25) is 0 Å². The van der Waals surface area contributed by atoms with Crippen molar-refractivity contribution in [1.82, 2.24) is 9.80 Å². The van der Waals surface area contributed by atoms with E-state index in [0.717, 1.165) is 44.4 Å². The maximum absolute atomic E-state index is 13.6. The van der Waals surface area contributed by atoms with Crippen LogP contribution in [0.3, 0.4) is 0 Å². The topological polar surface area (TPSA) is 45.1 Å². The molecule has 1 aliphatic heterocycles. The molecule has 38 heavy (non-hydrogen) atoms. The van der Waals surface area contributed by atoms with Crippen molar-refractivity contribution in [3.8, 4) is 0 Å². The highest BCUT2D eigenvalue weighted by molar-refractivity contribution is 7.98. The molecule has 0 saturated heterocycles. The van der Waals surface area contributed by atoms with Crippen molar-refractivity contribution in [2.24, 2.45) is 16.8 Å². The van der Waals surface area contributed by atoms with Crippen LogP contribution < -0.4 is 0 Å². The summed E-state index contributed by atoms with van der Waals surface area (Å²) in [7, 11) is 5.72. The number of ether oxygens (including phenoxy) is 1. The molecular formula is C31H42FN3O2S. The lowest BCUT2D eigenvalue weighted by molar-refractivity contribution is -0.149. The van der Waals surface area contributed by atoms with Gasteiger partial charge in [0, 0.05) is 12.6 Å². The molecule has 7 heteroatoms. The smallest absolute Gasteiger partial charge is 0.336 e. The molecule has 2 aromatic carbocycles. The minimum Gasteiger partial charge on any atom is -0.467 e. The molecule has 206 valence electrons. The predicted octanol–water partition coefficient (Wildman–Crippen LogP) is 6.20. The highest BCUT2D eigenvalue weighted by Gasteiger charge is 2.52. The van der Waals surface area contributed by atoms with E-state index < -0.39 is 5.54 Å². The van der Waals surface area contributed by atoms with Gasteiger partial charge in [0.15, 0.2) is 5.54 Å². The van der Waals surface area contributed by atoms with Crippen molar-refractivity contribution < 1.29 is 13.9 Å². The Bertz CT molecular complexity index is 1060. The summed E-state index contributed by atoms with van der Waals surface area (Å²) < 4.78 is 18.9. The molecule has 0 spiro atoms. The minimum atomic E-state index is -0.857. The van der Waals surface area contributed by atoms with Crippen LogP contribution in [0, 0.1) is 17.7 Å². The van der Waals surface area contributed by atoms with E-state index in [1.807, 2.05) is 24.5 Å². The number of halogens is 1. The van der Waals surface area contributed by atoms with Crippen LogP contribution in [0.2, 0.25) is 0 Å². The van der Waals surface area contributed by atoms with E-state index in [1.54, 1.807) is 23.9 Å². The van der Waals surface area contributed by atoms with Crippen molar-refractivity contribution >= 4 is 24.1 Å². The normalized spacial score (nSPS) is 26.1. The highest BCUT2D eigenvalue weighted by Crippen LogP contribution is 2.44. The second kappa shape index (κ2) is 13.1. The Hall–Kier alpha value is -2.38. The number of nitrogens with zero attached hydrogens (tertiary/aromatic N) is 3. The van der Waals surface area contributed by atoms with E-state index in [9.17, 15) is 9.18 Å². The van der Waals surface area contributed by atoms with Crippen molar-refractivity contribution in [3.63, 3.8) is 0 Å². The lowest BCUT2D eigenvalue weighted by atomic mass is 9.72. The average molecular weight is 540 g/mol. The van der Waals surface area contributed by atoms with Crippen LogP contribution in [0.15, 0.2) is 59.6 Å². The predicted molar refractivity (Wildman–Crippen MR) is 155 cm³/mol. The molecule has 1 saturated carbocycles. The fraction of sp³-hybridized carbons (Fsp3) is 0.548. The second-order valence-corrected chi connectivity index (χ2v) is 12.0. The van der Waals surface area contributed by atoms with E-state index in [2.05, 4.69) is 54.4 Å². The number of methoxy groups -OCH3 is 1. The van der Waals surface area contributed by atoms with Gasteiger partial charge in [-0.3, -0.25) is 4.99 Å². The lowest BCUT2D eigenvalue weighted by Gasteiger charge is -2.41. The molecule has 2 aliphatic rings. The molecule has 5 nitrogen and oxygen atoms in total. The van der Waals surface area contributed by atoms with E-state index in [-0.39, 0.29) is 23.9 Å². The number of esters is 1. The molecule has 1 heterocycles. The number of benzene rings is 2. The molecule has 1 fully saturated rings. The zero-order valence-electron chi connectivity index (χ0n) is 23.2. The van der Waals surface area contributed by atoms with Crippen LogP contribution in [-0.4, -0.2) is 66.9 Å². The van der Waals surface area contributed by atoms with Crippen molar-refractivity contribution in [2.75, 3.05) is 33.2 Å². The summed E-state index contributed by atoms with van der Waals surface area (Å²) in [6.45, 7) is 0.732. The van der Waals surface area contributed by atoms with Gasteiger partial charge in [-0.2, -0.15) is 11.8 Å². The Morgan fingerprint density at radius 1 is 1.13 bits per heavy atom. The number of aliphatic imine (C=N–C) groups is 1. The van der Waals surface area contributed by atoms with Gasteiger partial charge in [-0.15, -0.1) is 0 Å². The molecule has 3 unspecified atom stereocenters. The Kier molecular flexibility index (Phi) is 9.88. The number of hydrogen-bond donors (Lipinski definition) is 0. The van der Waals surface area contributed by atoms with E-state index >= 15 is 0 Å². The van der Waals surface area contributed by atoms with Crippen LogP contribution in [0.5, 0.6) is 0 Å². The monoisotopic (exact) mass is 539 g/mol. The summed E-state index contributed by atoms with van der Waals surface area (Å²) in [6, 6.07) is 17.7. The van der Waals surface area contributed by atoms with Crippen molar-refractivity contribution in [3.05, 3.63) is 71.5 Å². The third kappa shape index (κ3) is 6.42. The number of hydrogen-bond acceptors (Lipinski definition) is 6. The molecule has 2 aromatic rings. The Morgan fingerprint density at radius 2 is 1.82 bits per heavy atom. The molecule has 0 radical (unpaired) electrons. The fourth-order valence-corrected chi connectivity index (χ4v) is 7.07. The summed E-state index contributed by atoms with van der Waals surface area (Å²) in [5.41, 5.74) is 1.54. The molecule has 0 amide bonds. The van der Waals surface area contributed by atoms with Gasteiger partial charge < -0.3 is 14.5 Å². The first-order chi connectivity index (χ1) is 18.4. The zero-order valence-corrected chi connectivity index (χ0v) is 24.0. The minimum absolute atomic E-state index is 0.0226. The number of thioether (sulfide) groups is 1. The number of carbonyl (C=O) groups is 1. The number of rotatable bonds is 11. The SMILES string of the molecule is COC(=O)C1(CCSC)N=CN(Cc2ccccc2)C1CC1CCC(C(c2ccc(F)cc2)N(C)C)CC1. The quantitative estimate of drug-likeness (QED) is 0.318. The van der Waals surface area contributed by atoms with Gasteiger partial charge in [-0.05, 0) is 86.9 Å². The summed E-state index contributed by atoms with van der Waals surface area (Å²) in [5.74, 6) is 1.49. The van der Waals surface area contributed by atoms with E-state index in [0.29, 0.717) is 18.3 Å². The standard InChI is InChI=1S/C31H42FN3O2S/c1-34(2)29(26-14-16-27(32)17-15-26)25-12-10-23(11-13-25)20-28-31(18-19-38-4,30(36)37-3)33-22-35(28)21-24-8-6-5-7-9-24/h5-9,14-17,22-23,25,28-29H,10-13,18-21H2,1-4H3. The van der Waals surface area contributed by atoms with Crippen molar-refractivity contribution in [2.45, 2.75) is 62.7 Å². The molecule has 3 atom stereocenters. The van der Waals surface area contributed by atoms with Crippen LogP contribution in [0.1, 0.15) is 55.7 Å². The molecule has 1 aliphatic carbocycles. The Labute approximate surface area is 231 Å². The first kappa shape index (κ1) is 28.6. The molecular weight excluding hydrogens is 497 g/mol. The van der Waals surface area contributed by atoms with Gasteiger partial charge in [-0.1, -0.05) is 55.3 Å². The Morgan fingerprint density at radius 3 is 2.42 bits per heavy atom. The summed E-state index contributed by atoms with van der Waals surface area (Å²) >= 11 is 1.74. The highest BCUT2D eigenvalue weighted by atomic mass is 32.2. The average Bonchev–Trinajstić information content (AvgIpc) is 3.27. The van der Waals surface area contributed by atoms with Gasteiger partial charge in [-0.25, -0.2) is 9.18 Å². The third-order valence-corrected chi connectivity index (χ3v) is 9.10. The third-order valence-electron chi connectivity index (χ3n) is 8.48. The van der Waals surface area contributed by atoms with Crippen LogP contribution >= 0.6 is 11.8 Å². The largest absolute Gasteiger partial charge is 0.467 e. The van der Waals surface area contributed by atoms with Gasteiger partial charge in [0.25, 0.3) is 0 Å². The van der Waals surface area contributed by atoms with E-state index in [4.69, 9.17) is 9.73 Å². The maximum atomic E-state index is 13.6. The maximum Gasteiger partial charge on any atom is 0.336 e. The first-order valence-electron chi connectivity index (χ1n) is 13.7. The fourth-order valence-electron chi connectivity index (χ4n) is 6.56. The van der Waals surface area contributed by atoms with Crippen molar-refractivity contribution in [1.29, 1.82) is 0 Å². The molecule has 0 N–H and O–H groups in total. The zero-order chi connectivity index (χ0) is 27.1. The summed E-state index contributed by atoms with van der Waals surface area (Å²) in [5, 5.41) is 0. The molecule has 4 rings (SSSR count). The first-order valence-corrected chi connectivity index (χ1v) is 15.1. The van der Waals surface area contributed by atoms with Crippen LogP contribution in [0.4, 0.5) is 4.39 Å². The van der Waals surface area contributed by atoms with Gasteiger partial charge in [0.1, 0.15) is 5.82 Å². The lowest BCUT2D eigenvalue weighted by Crippen LogP contribution is -2.53. The molecule has 0 bridgehead atoms. The second-order valence-electron chi connectivity index (χ2n) is 11.1. The molecule has 0 aromatic heterocycles. The number of carbonyl (C=O) groups excluding carboxylic acids is 1. The summed E-state index contributed by atoms with van der Waals surface area (Å²) in [6.07, 6.45) is 10.0. The van der Waals surface area contributed by atoms with Gasteiger partial charge in [0.05, 0.1) is 19.5 Å². The Balaban J connectivity index is 1.50. The van der Waals surface area contributed by atoms with E-state index in [1.165, 1.54) is 18.2 Å².